The molecule has 1 aliphatic rings. The second-order valence-corrected chi connectivity index (χ2v) is 8.28. The van der Waals surface area contributed by atoms with E-state index in [1.165, 1.54) is 17.2 Å². The molecule has 0 bridgehead atoms. The van der Waals surface area contributed by atoms with Gasteiger partial charge in [-0.2, -0.15) is 0 Å². The van der Waals surface area contributed by atoms with Crippen LogP contribution in [0.4, 0.5) is 8.78 Å². The number of carbonyl (C=O) groups is 1. The molecule has 0 radical (unpaired) electrons. The number of nitrogens with zero attached hydrogens (tertiary/aromatic N) is 2. The van der Waals surface area contributed by atoms with Gasteiger partial charge in [0.05, 0.1) is 17.9 Å². The fourth-order valence-electron chi connectivity index (χ4n) is 4.13. The Morgan fingerprint density at radius 1 is 1.31 bits per heavy atom. The van der Waals surface area contributed by atoms with Gasteiger partial charge in [0.2, 0.25) is 0 Å². The maximum Gasteiger partial charge on any atom is 0.341 e. The number of fused-ring (bicyclic) bond motifs is 3. The van der Waals surface area contributed by atoms with Crippen LogP contribution < -0.4 is 0 Å². The van der Waals surface area contributed by atoms with Crippen molar-refractivity contribution in [3.63, 3.8) is 0 Å². The van der Waals surface area contributed by atoms with E-state index in [-0.39, 0.29) is 30.9 Å². The highest BCUT2D eigenvalue weighted by atomic mass is 19.2. The molecule has 1 unspecified atom stereocenters. The van der Waals surface area contributed by atoms with Crippen LogP contribution in [0.15, 0.2) is 42.7 Å². The van der Waals surface area contributed by atoms with Crippen LogP contribution in [0, 0.1) is 11.6 Å². The van der Waals surface area contributed by atoms with Crippen molar-refractivity contribution >= 4 is 22.6 Å². The molecule has 4 rings (SSSR count). The number of aromatic nitrogens is 2. The van der Waals surface area contributed by atoms with Crippen LogP contribution in [0.5, 0.6) is 0 Å². The number of esters is 1. The predicted octanol–water partition coefficient (Wildman–Crippen LogP) is 3.00. The zero-order valence-corrected chi connectivity index (χ0v) is 17.6. The van der Waals surface area contributed by atoms with E-state index in [9.17, 15) is 18.7 Å². The molecular weight excluding hydrogens is 420 g/mol. The summed E-state index contributed by atoms with van der Waals surface area (Å²) in [6.07, 6.45) is 1.73. The predicted molar refractivity (Wildman–Crippen MR) is 113 cm³/mol. The first-order valence-electron chi connectivity index (χ1n) is 10.1. The lowest BCUT2D eigenvalue weighted by atomic mass is 9.82. The molecule has 1 aliphatic heterocycles. The summed E-state index contributed by atoms with van der Waals surface area (Å²) >= 11 is 0. The topological polar surface area (TPSA) is 98.7 Å². The molecule has 0 saturated heterocycles. The van der Waals surface area contributed by atoms with Gasteiger partial charge >= 0.3 is 5.97 Å². The van der Waals surface area contributed by atoms with Crippen LogP contribution in [0.3, 0.4) is 0 Å². The minimum Gasteiger partial charge on any atom is -0.460 e. The normalized spacial score (nSPS) is 16.3. The van der Waals surface area contributed by atoms with Crippen LogP contribution in [0.2, 0.25) is 0 Å². The Morgan fingerprint density at radius 2 is 2.09 bits per heavy atom. The zero-order chi connectivity index (χ0) is 23.0. The highest BCUT2D eigenvalue weighted by Gasteiger charge is 2.37. The molecule has 7 nitrogen and oxygen atoms in total. The van der Waals surface area contributed by atoms with E-state index in [2.05, 4.69) is 9.97 Å². The molecule has 9 heteroatoms. The fraction of sp³-hybridized carbons (Fsp3) is 0.304. The lowest BCUT2D eigenvalue weighted by Gasteiger charge is -2.34. The lowest BCUT2D eigenvalue weighted by molar-refractivity contribution is -0.137. The van der Waals surface area contributed by atoms with Gasteiger partial charge in [-0.3, -0.25) is 0 Å². The number of halogens is 2. The Labute approximate surface area is 183 Å². The Morgan fingerprint density at radius 3 is 2.81 bits per heavy atom. The molecule has 32 heavy (non-hydrogen) atoms. The number of hydrogen-bond donors (Lipinski definition) is 3. The standard InChI is InChI=1S/C23H23F2N3O4/c1-23(2)12-28(21(30)13-5-6-16(24)17(25)10-13)11-15(22(31)32-9-8-29)19-18(23)14-4-3-7-26-20(14)27-19/h3-7,10-11,21,29-30H,8-9,12H2,1-2H3,(H,26,27). The van der Waals surface area contributed by atoms with Gasteiger partial charge in [0, 0.05) is 35.3 Å². The minimum absolute atomic E-state index is 0.124. The van der Waals surface area contributed by atoms with Crippen molar-refractivity contribution in [1.29, 1.82) is 0 Å². The SMILES string of the molecule is CC1(C)CN(C(O)c2ccc(F)c(F)c2)C=C(C(=O)OCCO)c2[nH]c3ncccc3c21. The summed E-state index contributed by atoms with van der Waals surface area (Å²) in [6, 6.07) is 6.83. The van der Waals surface area contributed by atoms with Gasteiger partial charge < -0.3 is 24.8 Å². The van der Waals surface area contributed by atoms with Crippen molar-refractivity contribution in [2.24, 2.45) is 0 Å². The van der Waals surface area contributed by atoms with E-state index in [0.717, 1.165) is 23.1 Å². The molecule has 3 N–H and O–H groups in total. The number of benzene rings is 1. The summed E-state index contributed by atoms with van der Waals surface area (Å²) in [5, 5.41) is 20.9. The number of pyridine rings is 1. The first-order valence-corrected chi connectivity index (χ1v) is 10.1. The molecule has 168 valence electrons. The van der Waals surface area contributed by atoms with E-state index in [1.54, 1.807) is 12.3 Å². The Kier molecular flexibility index (Phi) is 5.70. The first-order chi connectivity index (χ1) is 15.2. The van der Waals surface area contributed by atoms with E-state index >= 15 is 0 Å². The Bertz CT molecular complexity index is 1210. The average Bonchev–Trinajstić information content (AvgIpc) is 3.11. The number of carbonyl (C=O) groups excluding carboxylic acids is 1. The number of ether oxygens (including phenoxy) is 1. The van der Waals surface area contributed by atoms with Crippen molar-refractivity contribution in [2.75, 3.05) is 19.8 Å². The van der Waals surface area contributed by atoms with Crippen molar-refractivity contribution < 1.29 is 28.5 Å². The molecule has 0 fully saturated rings. The third-order valence-electron chi connectivity index (χ3n) is 5.49. The summed E-state index contributed by atoms with van der Waals surface area (Å²) in [5.41, 5.74) is 1.57. The monoisotopic (exact) mass is 443 g/mol. The number of rotatable bonds is 5. The molecule has 1 aromatic carbocycles. The molecule has 2 aromatic heterocycles. The van der Waals surface area contributed by atoms with Crippen LogP contribution in [0.1, 0.15) is 36.9 Å². The van der Waals surface area contributed by atoms with Gasteiger partial charge in [-0.05, 0) is 29.8 Å². The van der Waals surface area contributed by atoms with Gasteiger partial charge in [0.15, 0.2) is 17.9 Å². The van der Waals surface area contributed by atoms with Crippen LogP contribution in [0.25, 0.3) is 16.6 Å². The van der Waals surface area contributed by atoms with E-state index < -0.39 is 29.2 Å². The summed E-state index contributed by atoms with van der Waals surface area (Å²) in [4.78, 5) is 21.9. The molecule has 1 atom stereocenters. The van der Waals surface area contributed by atoms with Crippen LogP contribution in [-0.4, -0.2) is 50.8 Å². The Hall–Kier alpha value is -3.30. The fourth-order valence-corrected chi connectivity index (χ4v) is 4.13. The molecule has 3 aromatic rings. The van der Waals surface area contributed by atoms with E-state index in [4.69, 9.17) is 9.84 Å². The van der Waals surface area contributed by atoms with E-state index in [1.807, 2.05) is 19.9 Å². The smallest absolute Gasteiger partial charge is 0.341 e. The lowest BCUT2D eigenvalue weighted by Crippen LogP contribution is -2.35. The molecule has 0 aliphatic carbocycles. The van der Waals surface area contributed by atoms with Gasteiger partial charge in [-0.25, -0.2) is 18.6 Å². The molecule has 3 heterocycles. The number of aliphatic hydroxyl groups excluding tert-OH is 2. The molecule has 0 amide bonds. The highest BCUT2D eigenvalue weighted by molar-refractivity contribution is 6.17. The summed E-state index contributed by atoms with van der Waals surface area (Å²) < 4.78 is 32.3. The third-order valence-corrected chi connectivity index (χ3v) is 5.49. The largest absolute Gasteiger partial charge is 0.460 e. The minimum atomic E-state index is -1.35. The number of hydrogen-bond acceptors (Lipinski definition) is 6. The summed E-state index contributed by atoms with van der Waals surface area (Å²) in [7, 11) is 0. The summed E-state index contributed by atoms with van der Waals surface area (Å²) in [6.45, 7) is 3.62. The maximum atomic E-state index is 13.8. The van der Waals surface area contributed by atoms with Crippen molar-refractivity contribution in [1.82, 2.24) is 14.9 Å². The highest BCUT2D eigenvalue weighted by Crippen LogP contribution is 2.41. The number of nitrogens with one attached hydrogen (secondary N) is 1. The van der Waals surface area contributed by atoms with E-state index in [0.29, 0.717) is 11.3 Å². The quantitative estimate of drug-likeness (QED) is 0.525. The second-order valence-electron chi connectivity index (χ2n) is 8.28. The second kappa shape index (κ2) is 8.33. The average molecular weight is 443 g/mol. The summed E-state index contributed by atoms with van der Waals surface area (Å²) in [5.74, 6) is -2.80. The van der Waals surface area contributed by atoms with Gasteiger partial charge in [0.1, 0.15) is 12.3 Å². The molecule has 0 spiro atoms. The van der Waals surface area contributed by atoms with Crippen molar-refractivity contribution in [3.05, 3.63) is 71.2 Å². The van der Waals surface area contributed by atoms with Crippen molar-refractivity contribution in [2.45, 2.75) is 25.5 Å². The van der Waals surface area contributed by atoms with Crippen LogP contribution in [-0.2, 0) is 14.9 Å². The maximum absolute atomic E-state index is 13.8. The van der Waals surface area contributed by atoms with Gasteiger partial charge in [-0.15, -0.1) is 0 Å². The first kappa shape index (κ1) is 21.9. The number of H-pyrrole nitrogens is 1. The Balaban J connectivity index is 1.86. The molecule has 0 saturated carbocycles. The van der Waals surface area contributed by atoms with Gasteiger partial charge in [-0.1, -0.05) is 19.9 Å². The third kappa shape index (κ3) is 3.85. The zero-order valence-electron chi connectivity index (χ0n) is 17.6. The van der Waals surface area contributed by atoms with Gasteiger partial charge in [0.25, 0.3) is 0 Å². The number of aliphatic hydroxyl groups is 2. The van der Waals surface area contributed by atoms with Crippen molar-refractivity contribution in [3.8, 4) is 0 Å². The number of aromatic amines is 1. The van der Waals surface area contributed by atoms with Crippen LogP contribution >= 0.6 is 0 Å². The molecular formula is C23H23F2N3O4.